The van der Waals surface area contributed by atoms with E-state index in [-0.39, 0.29) is 6.03 Å². The van der Waals surface area contributed by atoms with Gasteiger partial charge in [0.15, 0.2) is 11.5 Å². The number of amides is 2. The van der Waals surface area contributed by atoms with Crippen LogP contribution in [-0.4, -0.2) is 36.6 Å². The molecule has 0 unspecified atom stereocenters. The van der Waals surface area contributed by atoms with E-state index in [4.69, 9.17) is 9.47 Å². The standard InChI is InChI=1S/C18H24N4O3/c1-24-16-8-7-14(11-17(16)25-2)21-18(23)19-9-10-22-15-6-4-3-5-13(15)12-20-22/h7-8,11-12H,3-6,9-10H2,1-2H3,(H2,19,21,23). The van der Waals surface area contributed by atoms with E-state index in [0.29, 0.717) is 30.3 Å². The number of hydrogen-bond acceptors (Lipinski definition) is 4. The Labute approximate surface area is 147 Å². The summed E-state index contributed by atoms with van der Waals surface area (Å²) < 4.78 is 12.4. The molecule has 7 nitrogen and oxygen atoms in total. The van der Waals surface area contributed by atoms with E-state index >= 15 is 0 Å². The van der Waals surface area contributed by atoms with Crippen LogP contribution in [0.4, 0.5) is 10.5 Å². The van der Waals surface area contributed by atoms with Gasteiger partial charge in [0.05, 0.1) is 27.0 Å². The number of carbonyl (C=O) groups excluding carboxylic acids is 1. The van der Waals surface area contributed by atoms with E-state index in [2.05, 4.69) is 15.7 Å². The van der Waals surface area contributed by atoms with E-state index in [1.807, 2.05) is 10.9 Å². The second-order valence-corrected chi connectivity index (χ2v) is 6.00. The largest absolute Gasteiger partial charge is 0.493 e. The van der Waals surface area contributed by atoms with E-state index in [9.17, 15) is 4.79 Å². The number of anilines is 1. The molecule has 2 N–H and O–H groups in total. The van der Waals surface area contributed by atoms with Crippen molar-refractivity contribution in [1.29, 1.82) is 0 Å². The molecule has 1 aromatic carbocycles. The molecule has 1 aliphatic rings. The van der Waals surface area contributed by atoms with Crippen LogP contribution in [0, 0.1) is 0 Å². The van der Waals surface area contributed by atoms with Gasteiger partial charge >= 0.3 is 6.03 Å². The number of ether oxygens (including phenoxy) is 2. The Hall–Kier alpha value is -2.70. The number of fused-ring (bicyclic) bond motifs is 1. The lowest BCUT2D eigenvalue weighted by Crippen LogP contribution is -2.32. The molecule has 0 aliphatic heterocycles. The molecule has 0 saturated heterocycles. The molecule has 2 aromatic rings. The van der Waals surface area contributed by atoms with Gasteiger partial charge in [0.2, 0.25) is 0 Å². The molecule has 2 amide bonds. The number of aryl methyl sites for hydroxylation is 1. The van der Waals surface area contributed by atoms with Crippen LogP contribution in [0.1, 0.15) is 24.1 Å². The third-order valence-electron chi connectivity index (χ3n) is 4.40. The number of carbonyl (C=O) groups is 1. The fourth-order valence-electron chi connectivity index (χ4n) is 3.11. The fraction of sp³-hybridized carbons (Fsp3) is 0.444. The molecule has 0 fully saturated rings. The number of rotatable bonds is 6. The van der Waals surface area contributed by atoms with E-state index in [1.54, 1.807) is 32.4 Å². The molecule has 25 heavy (non-hydrogen) atoms. The lowest BCUT2D eigenvalue weighted by molar-refractivity contribution is 0.251. The number of methoxy groups -OCH3 is 2. The first-order valence-electron chi connectivity index (χ1n) is 8.51. The third-order valence-corrected chi connectivity index (χ3v) is 4.40. The van der Waals surface area contributed by atoms with Gasteiger partial charge in [-0.3, -0.25) is 4.68 Å². The summed E-state index contributed by atoms with van der Waals surface area (Å²) in [7, 11) is 3.14. The van der Waals surface area contributed by atoms with Gasteiger partial charge in [-0.2, -0.15) is 5.10 Å². The first kappa shape index (κ1) is 17.1. The number of nitrogens with one attached hydrogen (secondary N) is 2. The van der Waals surface area contributed by atoms with Crippen LogP contribution in [0.15, 0.2) is 24.4 Å². The molecule has 0 radical (unpaired) electrons. The first-order chi connectivity index (χ1) is 12.2. The highest BCUT2D eigenvalue weighted by Crippen LogP contribution is 2.29. The summed E-state index contributed by atoms with van der Waals surface area (Å²) in [6, 6.07) is 4.99. The maximum atomic E-state index is 12.1. The number of benzene rings is 1. The minimum absolute atomic E-state index is 0.256. The van der Waals surface area contributed by atoms with Gasteiger partial charge in [-0.05, 0) is 43.4 Å². The van der Waals surface area contributed by atoms with Crippen molar-refractivity contribution in [3.8, 4) is 11.5 Å². The Morgan fingerprint density at radius 1 is 1.20 bits per heavy atom. The molecule has 0 bridgehead atoms. The van der Waals surface area contributed by atoms with Crippen LogP contribution in [0.5, 0.6) is 11.5 Å². The zero-order valence-electron chi connectivity index (χ0n) is 14.7. The van der Waals surface area contributed by atoms with Gasteiger partial charge in [-0.1, -0.05) is 0 Å². The Balaban J connectivity index is 1.51. The molecule has 0 saturated carbocycles. The summed E-state index contributed by atoms with van der Waals surface area (Å²) in [4.78, 5) is 12.1. The van der Waals surface area contributed by atoms with Gasteiger partial charge in [0.1, 0.15) is 0 Å². The normalized spacial score (nSPS) is 13.0. The van der Waals surface area contributed by atoms with Crippen molar-refractivity contribution in [2.45, 2.75) is 32.2 Å². The summed E-state index contributed by atoms with van der Waals surface area (Å²) in [6.45, 7) is 1.20. The zero-order valence-corrected chi connectivity index (χ0v) is 14.7. The molecule has 1 aromatic heterocycles. The van der Waals surface area contributed by atoms with Gasteiger partial charge in [-0.25, -0.2) is 4.79 Å². The topological polar surface area (TPSA) is 77.4 Å². The highest BCUT2D eigenvalue weighted by molar-refractivity contribution is 5.89. The molecule has 1 aliphatic carbocycles. The van der Waals surface area contributed by atoms with Crippen molar-refractivity contribution in [3.63, 3.8) is 0 Å². The number of aromatic nitrogens is 2. The highest BCUT2D eigenvalue weighted by Gasteiger charge is 2.14. The summed E-state index contributed by atoms with van der Waals surface area (Å²) in [5, 5.41) is 10.1. The van der Waals surface area contributed by atoms with Crippen molar-refractivity contribution in [1.82, 2.24) is 15.1 Å². The van der Waals surface area contributed by atoms with Crippen LogP contribution in [0.3, 0.4) is 0 Å². The average Bonchev–Trinajstić information content (AvgIpc) is 3.05. The number of hydrogen-bond donors (Lipinski definition) is 2. The Morgan fingerprint density at radius 2 is 2.00 bits per heavy atom. The van der Waals surface area contributed by atoms with E-state index in [1.165, 1.54) is 24.1 Å². The fourth-order valence-corrected chi connectivity index (χ4v) is 3.11. The molecule has 134 valence electrons. The van der Waals surface area contributed by atoms with Crippen LogP contribution >= 0.6 is 0 Å². The Bertz CT molecular complexity index is 742. The van der Waals surface area contributed by atoms with Crippen LogP contribution in [-0.2, 0) is 19.4 Å². The summed E-state index contributed by atoms with van der Waals surface area (Å²) >= 11 is 0. The van der Waals surface area contributed by atoms with Crippen molar-refractivity contribution >= 4 is 11.7 Å². The molecule has 3 rings (SSSR count). The minimum Gasteiger partial charge on any atom is -0.493 e. The van der Waals surface area contributed by atoms with Crippen LogP contribution in [0.2, 0.25) is 0 Å². The number of urea groups is 1. The monoisotopic (exact) mass is 344 g/mol. The maximum Gasteiger partial charge on any atom is 0.319 e. The molecule has 1 heterocycles. The number of nitrogens with zero attached hydrogens (tertiary/aromatic N) is 2. The van der Waals surface area contributed by atoms with Crippen molar-refractivity contribution < 1.29 is 14.3 Å². The summed E-state index contributed by atoms with van der Waals surface area (Å²) in [5.41, 5.74) is 3.31. The van der Waals surface area contributed by atoms with Crippen molar-refractivity contribution in [2.24, 2.45) is 0 Å². The quantitative estimate of drug-likeness (QED) is 0.844. The molecule has 0 atom stereocenters. The zero-order chi connectivity index (χ0) is 17.6. The molecule has 7 heteroatoms. The predicted molar refractivity (Wildman–Crippen MR) is 95.4 cm³/mol. The highest BCUT2D eigenvalue weighted by atomic mass is 16.5. The van der Waals surface area contributed by atoms with Crippen LogP contribution < -0.4 is 20.1 Å². The van der Waals surface area contributed by atoms with Crippen LogP contribution in [0.25, 0.3) is 0 Å². The van der Waals surface area contributed by atoms with Gasteiger partial charge in [-0.15, -0.1) is 0 Å². The summed E-state index contributed by atoms with van der Waals surface area (Å²) in [5.74, 6) is 1.19. The SMILES string of the molecule is COc1ccc(NC(=O)NCCn2ncc3c2CCCC3)cc1OC. The van der Waals surface area contributed by atoms with Gasteiger partial charge in [0.25, 0.3) is 0 Å². The predicted octanol–water partition coefficient (Wildman–Crippen LogP) is 2.60. The smallest absolute Gasteiger partial charge is 0.319 e. The minimum atomic E-state index is -0.256. The first-order valence-corrected chi connectivity index (χ1v) is 8.51. The molecule has 0 spiro atoms. The lowest BCUT2D eigenvalue weighted by Gasteiger charge is -2.14. The Morgan fingerprint density at radius 3 is 2.80 bits per heavy atom. The molecular weight excluding hydrogens is 320 g/mol. The van der Waals surface area contributed by atoms with E-state index < -0.39 is 0 Å². The molecular formula is C18H24N4O3. The van der Waals surface area contributed by atoms with Crippen molar-refractivity contribution in [3.05, 3.63) is 35.7 Å². The van der Waals surface area contributed by atoms with Crippen molar-refractivity contribution in [2.75, 3.05) is 26.1 Å². The van der Waals surface area contributed by atoms with Gasteiger partial charge in [0, 0.05) is 24.0 Å². The maximum absolute atomic E-state index is 12.1. The lowest BCUT2D eigenvalue weighted by atomic mass is 9.98. The van der Waals surface area contributed by atoms with E-state index in [0.717, 1.165) is 12.8 Å². The summed E-state index contributed by atoms with van der Waals surface area (Å²) in [6.07, 6.45) is 6.60. The third kappa shape index (κ3) is 4.04. The van der Waals surface area contributed by atoms with Gasteiger partial charge < -0.3 is 20.1 Å². The average molecular weight is 344 g/mol. The Kier molecular flexibility index (Phi) is 5.42. The second-order valence-electron chi connectivity index (χ2n) is 6.00. The second kappa shape index (κ2) is 7.92.